The summed E-state index contributed by atoms with van der Waals surface area (Å²) in [4.78, 5) is 22.7. The zero-order chi connectivity index (χ0) is 26.7. The number of aromatic nitrogens is 2. The van der Waals surface area contributed by atoms with E-state index in [9.17, 15) is 22.9 Å². The molecule has 12 heteroatoms. The lowest BCUT2D eigenvalue weighted by atomic mass is 10.2. The van der Waals surface area contributed by atoms with Crippen LogP contribution in [0, 0.1) is 17.1 Å². The van der Waals surface area contributed by atoms with Crippen LogP contribution in [0.15, 0.2) is 93.0 Å². The predicted molar refractivity (Wildman–Crippen MR) is 149 cm³/mol. The van der Waals surface area contributed by atoms with Gasteiger partial charge in [-0.15, -0.1) is 22.7 Å². The topological polar surface area (TPSA) is 116 Å². The molecule has 0 aliphatic carbocycles. The number of nitrogens with zero attached hydrogens (tertiary/aromatic N) is 2. The molecule has 0 amide bonds. The molecule has 0 atom stereocenters. The number of halogens is 1. The fourth-order valence-corrected chi connectivity index (χ4v) is 7.18. The minimum Gasteiger partial charge on any atom is -0.300 e. The minimum atomic E-state index is -3.84. The molecular formula is C26H17FN4O3S4. The van der Waals surface area contributed by atoms with Crippen molar-refractivity contribution in [2.24, 2.45) is 0 Å². The van der Waals surface area contributed by atoms with Crippen LogP contribution in [-0.2, 0) is 15.8 Å². The molecule has 3 heterocycles. The fourth-order valence-electron chi connectivity index (χ4n) is 3.47. The van der Waals surface area contributed by atoms with Crippen molar-refractivity contribution in [3.05, 3.63) is 105 Å². The molecule has 0 fully saturated rings. The average Bonchev–Trinajstić information content (AvgIpc) is 3.61. The van der Waals surface area contributed by atoms with Gasteiger partial charge in [-0.3, -0.25) is 9.52 Å². The second-order valence-electron chi connectivity index (χ2n) is 7.89. The molecule has 0 spiro atoms. The Labute approximate surface area is 229 Å². The second-order valence-corrected chi connectivity index (χ2v) is 12.6. The van der Waals surface area contributed by atoms with E-state index in [1.54, 1.807) is 23.5 Å². The number of hydrogen-bond donors (Lipinski definition) is 2. The summed E-state index contributed by atoms with van der Waals surface area (Å²) >= 11 is 4.34. The summed E-state index contributed by atoms with van der Waals surface area (Å²) < 4.78 is 40.8. The molecule has 5 rings (SSSR count). The fraction of sp³-hybridized carbons (Fsp3) is 0.0385. The highest BCUT2D eigenvalue weighted by Gasteiger charge is 2.17. The van der Waals surface area contributed by atoms with Gasteiger partial charge in [0.25, 0.3) is 15.6 Å². The van der Waals surface area contributed by atoms with Gasteiger partial charge >= 0.3 is 0 Å². The highest BCUT2D eigenvalue weighted by molar-refractivity contribution is 7.98. The molecule has 0 saturated carbocycles. The number of thioether (sulfide) groups is 1. The van der Waals surface area contributed by atoms with Crippen LogP contribution < -0.4 is 10.3 Å². The highest BCUT2D eigenvalue weighted by Crippen LogP contribution is 2.37. The summed E-state index contributed by atoms with van der Waals surface area (Å²) in [7, 11) is -3.84. The molecule has 7 nitrogen and oxygen atoms in total. The molecule has 0 bridgehead atoms. The first-order chi connectivity index (χ1) is 18.3. The molecule has 5 aromatic rings. The van der Waals surface area contributed by atoms with Crippen LogP contribution in [0.5, 0.6) is 0 Å². The van der Waals surface area contributed by atoms with Gasteiger partial charge in [0.15, 0.2) is 5.16 Å². The van der Waals surface area contributed by atoms with E-state index in [1.165, 1.54) is 59.5 Å². The summed E-state index contributed by atoms with van der Waals surface area (Å²) in [6, 6.07) is 21.0. The molecular weight excluding hydrogens is 564 g/mol. The maximum atomic E-state index is 13.1. The van der Waals surface area contributed by atoms with E-state index in [1.807, 2.05) is 35.7 Å². The quantitative estimate of drug-likeness (QED) is 0.164. The zero-order valence-corrected chi connectivity index (χ0v) is 22.6. The van der Waals surface area contributed by atoms with Crippen LogP contribution in [0.4, 0.5) is 10.1 Å². The Hall–Kier alpha value is -3.76. The Morgan fingerprint density at radius 2 is 1.74 bits per heavy atom. The van der Waals surface area contributed by atoms with Gasteiger partial charge in [0.1, 0.15) is 23.1 Å². The molecule has 2 N–H and O–H groups in total. The van der Waals surface area contributed by atoms with Crippen molar-refractivity contribution in [1.82, 2.24) is 9.97 Å². The molecule has 0 unspecified atom stereocenters. The van der Waals surface area contributed by atoms with Crippen molar-refractivity contribution in [3.63, 3.8) is 0 Å². The highest BCUT2D eigenvalue weighted by atomic mass is 32.2. The normalized spacial score (nSPS) is 11.3. The first-order valence-electron chi connectivity index (χ1n) is 11.0. The van der Waals surface area contributed by atoms with E-state index in [4.69, 9.17) is 0 Å². The lowest BCUT2D eigenvalue weighted by Crippen LogP contribution is -2.14. The number of anilines is 1. The third-order valence-electron chi connectivity index (χ3n) is 5.32. The van der Waals surface area contributed by atoms with Crippen molar-refractivity contribution in [2.75, 3.05) is 4.72 Å². The van der Waals surface area contributed by atoms with Crippen molar-refractivity contribution in [1.29, 1.82) is 5.26 Å². The number of aromatic amines is 1. The summed E-state index contributed by atoms with van der Waals surface area (Å²) in [6.07, 6.45) is 0. The van der Waals surface area contributed by atoms with Gasteiger partial charge in [0.05, 0.1) is 9.77 Å². The maximum absolute atomic E-state index is 13.1. The van der Waals surface area contributed by atoms with Gasteiger partial charge in [-0.25, -0.2) is 17.8 Å². The molecule has 38 heavy (non-hydrogen) atoms. The Morgan fingerprint density at radius 1 is 1.00 bits per heavy atom. The average molecular weight is 581 g/mol. The molecule has 0 saturated heterocycles. The van der Waals surface area contributed by atoms with Crippen molar-refractivity contribution < 1.29 is 12.8 Å². The van der Waals surface area contributed by atoms with E-state index >= 15 is 0 Å². The second kappa shape index (κ2) is 10.9. The molecule has 0 aliphatic heterocycles. The number of nitriles is 1. The lowest BCUT2D eigenvalue weighted by Gasteiger charge is -2.09. The van der Waals surface area contributed by atoms with Crippen molar-refractivity contribution in [2.45, 2.75) is 15.8 Å². The van der Waals surface area contributed by atoms with Gasteiger partial charge in [-0.2, -0.15) is 5.26 Å². The van der Waals surface area contributed by atoms with Crippen LogP contribution in [-0.4, -0.2) is 18.4 Å². The zero-order valence-electron chi connectivity index (χ0n) is 19.3. The summed E-state index contributed by atoms with van der Waals surface area (Å²) in [5.41, 5.74) is 0.836. The monoisotopic (exact) mass is 580 g/mol. The molecule has 0 radical (unpaired) electrons. The SMILES string of the molecule is N#Cc1c(-c2ccc(-c3cccs3)s2)nc(SCc2ccc(S(=O)(=O)Nc3ccc(F)cc3)cc2)[nH]c1=O. The number of thiophene rings is 2. The van der Waals surface area contributed by atoms with Gasteiger partial charge in [0, 0.05) is 21.2 Å². The first-order valence-corrected chi connectivity index (χ1v) is 15.2. The Bertz CT molecular complexity index is 1790. The molecule has 2 aromatic carbocycles. The van der Waals surface area contributed by atoms with E-state index in [0.717, 1.165) is 20.2 Å². The van der Waals surface area contributed by atoms with Gasteiger partial charge in [-0.1, -0.05) is 30.0 Å². The standard InChI is InChI=1S/C26H17FN4O3S4/c27-17-5-7-18(8-6-17)31-38(33,34)19-9-3-16(4-10-19)15-36-26-29-24(20(14-28)25(32)30-26)23-12-11-22(37-23)21-2-1-13-35-21/h1-13,31H,15H2,(H,29,30,32). The number of hydrogen-bond acceptors (Lipinski definition) is 8. The molecule has 3 aromatic heterocycles. The van der Waals surface area contributed by atoms with Gasteiger partial charge in [-0.05, 0) is 65.5 Å². The van der Waals surface area contributed by atoms with Crippen LogP contribution in [0.2, 0.25) is 0 Å². The first kappa shape index (κ1) is 25.9. The van der Waals surface area contributed by atoms with Crippen molar-refractivity contribution in [3.8, 4) is 26.4 Å². The number of H-pyrrole nitrogens is 1. The van der Waals surface area contributed by atoms with Gasteiger partial charge in [0.2, 0.25) is 0 Å². The van der Waals surface area contributed by atoms with Crippen LogP contribution in [0.1, 0.15) is 11.1 Å². The summed E-state index contributed by atoms with van der Waals surface area (Å²) in [5, 5.41) is 11.9. The number of rotatable bonds is 8. The van der Waals surface area contributed by atoms with Gasteiger partial charge < -0.3 is 4.98 Å². The van der Waals surface area contributed by atoms with E-state index < -0.39 is 21.4 Å². The number of benzene rings is 2. The Balaban J connectivity index is 1.32. The van der Waals surface area contributed by atoms with Crippen LogP contribution in [0.3, 0.4) is 0 Å². The Kier molecular flexibility index (Phi) is 7.44. The van der Waals surface area contributed by atoms with E-state index in [-0.39, 0.29) is 16.1 Å². The lowest BCUT2D eigenvalue weighted by molar-refractivity contribution is 0.601. The predicted octanol–water partition coefficient (Wildman–Crippen LogP) is 6.33. The number of nitrogens with one attached hydrogen (secondary N) is 2. The van der Waals surface area contributed by atoms with Crippen LogP contribution in [0.25, 0.3) is 20.3 Å². The largest absolute Gasteiger partial charge is 0.300 e. The van der Waals surface area contributed by atoms with Crippen LogP contribution >= 0.6 is 34.4 Å². The number of sulfonamides is 1. The third kappa shape index (κ3) is 5.71. The van der Waals surface area contributed by atoms with Crippen molar-refractivity contribution >= 4 is 50.1 Å². The van der Waals surface area contributed by atoms with E-state index in [0.29, 0.717) is 16.6 Å². The minimum absolute atomic E-state index is 0.0443. The summed E-state index contributed by atoms with van der Waals surface area (Å²) in [6.45, 7) is 0. The van der Waals surface area contributed by atoms with E-state index in [2.05, 4.69) is 14.7 Å². The smallest absolute Gasteiger partial charge is 0.270 e. The summed E-state index contributed by atoms with van der Waals surface area (Å²) in [5.74, 6) is -0.0521. The third-order valence-corrected chi connectivity index (χ3v) is 9.82. The molecule has 0 aliphatic rings. The molecule has 190 valence electrons. The Morgan fingerprint density at radius 3 is 2.42 bits per heavy atom. The maximum Gasteiger partial charge on any atom is 0.270 e.